The summed E-state index contributed by atoms with van der Waals surface area (Å²) in [5.74, 6) is 0.0840. The molecule has 0 atom stereocenters. The highest BCUT2D eigenvalue weighted by molar-refractivity contribution is 7.82. The number of hydrogen-bond acceptors (Lipinski definition) is 5. The lowest BCUT2D eigenvalue weighted by Gasteiger charge is -2.45. The predicted octanol–water partition coefficient (Wildman–Crippen LogP) is 5.40. The summed E-state index contributed by atoms with van der Waals surface area (Å²) < 4.78 is 11.0. The van der Waals surface area contributed by atoms with Crippen LogP contribution in [-0.4, -0.2) is 57.3 Å². The molecule has 0 aliphatic heterocycles. The lowest BCUT2D eigenvalue weighted by atomic mass is 9.88. The normalized spacial score (nSPS) is 14.3. The number of methoxy groups -OCH3 is 1. The third-order valence-corrected chi connectivity index (χ3v) is 5.07. The highest BCUT2D eigenvalue weighted by Gasteiger charge is 2.39. The maximum absolute atomic E-state index is 13.3. The van der Waals surface area contributed by atoms with Crippen molar-refractivity contribution >= 4 is 31.2 Å². The number of carbonyl (C=O) groups excluding carboxylic acids is 1. The molecule has 0 aromatic carbocycles. The molecule has 0 aromatic rings. The van der Waals surface area contributed by atoms with Gasteiger partial charge in [0.05, 0.1) is 24.2 Å². The molecule has 0 aromatic heterocycles. The molecule has 0 heterocycles. The fourth-order valence-electron chi connectivity index (χ4n) is 3.37. The van der Waals surface area contributed by atoms with Gasteiger partial charge < -0.3 is 14.4 Å². The van der Waals surface area contributed by atoms with Crippen LogP contribution >= 0.6 is 25.3 Å². The van der Waals surface area contributed by atoms with E-state index in [1.54, 1.807) is 7.11 Å². The molecule has 168 valence electrons. The molecule has 0 rings (SSSR count). The van der Waals surface area contributed by atoms with Gasteiger partial charge in [0, 0.05) is 28.7 Å². The molecule has 28 heavy (non-hydrogen) atoms. The Balaban J connectivity index is 5.28. The zero-order valence-corrected chi connectivity index (χ0v) is 21.9. The molecule has 6 heteroatoms. The first-order valence-electron chi connectivity index (χ1n) is 10.1. The van der Waals surface area contributed by atoms with Crippen LogP contribution in [0.5, 0.6) is 0 Å². The van der Waals surface area contributed by atoms with Crippen molar-refractivity contribution in [2.45, 2.75) is 115 Å². The van der Waals surface area contributed by atoms with Crippen LogP contribution in [-0.2, 0) is 14.3 Å². The molecule has 0 aliphatic rings. The summed E-state index contributed by atoms with van der Waals surface area (Å²) in [5.41, 5.74) is -1.12. The predicted molar refractivity (Wildman–Crippen MR) is 127 cm³/mol. The van der Waals surface area contributed by atoms with Crippen molar-refractivity contribution in [3.63, 3.8) is 0 Å². The number of nitrogens with zero attached hydrogens (tertiary/aromatic N) is 1. The summed E-state index contributed by atoms with van der Waals surface area (Å²) in [6.45, 7) is 21.6. The van der Waals surface area contributed by atoms with Crippen molar-refractivity contribution in [3.05, 3.63) is 0 Å². The molecule has 0 bridgehead atoms. The standard InChI is InChI=1S/C22H45NO3S2/c1-18(2,15-21(7,8)27)23(16-22(9,10)28)17(24)14-20(5,6)26-13-12-19(3,4)25-11/h27-28H,12-16H2,1-11H3. The molecule has 1 amide bonds. The number of rotatable bonds is 12. The van der Waals surface area contributed by atoms with Gasteiger partial charge in [0.25, 0.3) is 0 Å². The Morgan fingerprint density at radius 2 is 1.36 bits per heavy atom. The van der Waals surface area contributed by atoms with Crippen LogP contribution in [0.2, 0.25) is 0 Å². The highest BCUT2D eigenvalue weighted by Crippen LogP contribution is 2.33. The Morgan fingerprint density at radius 1 is 0.857 bits per heavy atom. The SMILES string of the molecule is COC(C)(C)CCOC(C)(C)CC(=O)N(CC(C)(C)S)C(C)(C)CC(C)(C)S. The minimum atomic E-state index is -0.549. The molecule has 4 nitrogen and oxygen atoms in total. The first-order chi connectivity index (χ1) is 12.2. The molecular formula is C22H45NO3S2. The van der Waals surface area contributed by atoms with Gasteiger partial charge >= 0.3 is 0 Å². The van der Waals surface area contributed by atoms with E-state index in [0.29, 0.717) is 19.6 Å². The second-order valence-electron chi connectivity index (χ2n) is 11.1. The highest BCUT2D eigenvalue weighted by atomic mass is 32.1. The Labute approximate surface area is 185 Å². The van der Waals surface area contributed by atoms with Crippen molar-refractivity contribution in [2.24, 2.45) is 0 Å². The van der Waals surface area contributed by atoms with Crippen LogP contribution < -0.4 is 0 Å². The van der Waals surface area contributed by atoms with Gasteiger partial charge in [-0.3, -0.25) is 4.79 Å². The Hall–Kier alpha value is 0.0900. The van der Waals surface area contributed by atoms with E-state index in [4.69, 9.17) is 22.1 Å². The Kier molecular flexibility index (Phi) is 9.96. The van der Waals surface area contributed by atoms with E-state index in [2.05, 4.69) is 40.3 Å². The van der Waals surface area contributed by atoms with Crippen LogP contribution in [0.1, 0.15) is 88.5 Å². The summed E-state index contributed by atoms with van der Waals surface area (Å²) in [7, 11) is 1.71. The molecule has 0 aliphatic carbocycles. The Bertz CT molecular complexity index is 503. The minimum absolute atomic E-state index is 0.0840. The van der Waals surface area contributed by atoms with Crippen molar-refractivity contribution in [3.8, 4) is 0 Å². The average molecular weight is 436 g/mol. The van der Waals surface area contributed by atoms with Gasteiger partial charge in [0.1, 0.15) is 0 Å². The first kappa shape index (κ1) is 28.1. The van der Waals surface area contributed by atoms with E-state index in [1.807, 2.05) is 46.4 Å². The summed E-state index contributed by atoms with van der Waals surface area (Å²) >= 11 is 9.38. The Morgan fingerprint density at radius 3 is 1.75 bits per heavy atom. The summed E-state index contributed by atoms with van der Waals surface area (Å²) in [6, 6.07) is 0. The second-order valence-corrected chi connectivity index (χ2v) is 13.5. The maximum Gasteiger partial charge on any atom is 0.225 e. The second kappa shape index (κ2) is 9.93. The van der Waals surface area contributed by atoms with Crippen LogP contribution in [0.15, 0.2) is 0 Å². The van der Waals surface area contributed by atoms with Gasteiger partial charge in [0.15, 0.2) is 0 Å². The van der Waals surface area contributed by atoms with E-state index in [1.165, 1.54) is 0 Å². The minimum Gasteiger partial charge on any atom is -0.379 e. The van der Waals surface area contributed by atoms with Gasteiger partial charge in [-0.05, 0) is 68.2 Å². The van der Waals surface area contributed by atoms with E-state index in [9.17, 15) is 4.79 Å². The number of thiol groups is 2. The number of amides is 1. The van der Waals surface area contributed by atoms with Crippen LogP contribution in [0, 0.1) is 0 Å². The van der Waals surface area contributed by atoms with E-state index < -0.39 is 5.60 Å². The van der Waals surface area contributed by atoms with Crippen LogP contribution in [0.25, 0.3) is 0 Å². The fourth-order valence-corrected chi connectivity index (χ4v) is 3.90. The largest absolute Gasteiger partial charge is 0.379 e. The third kappa shape index (κ3) is 11.9. The molecule has 0 saturated heterocycles. The number of hydrogen-bond donors (Lipinski definition) is 2. The average Bonchev–Trinajstić information content (AvgIpc) is 2.40. The molecule has 0 N–H and O–H groups in total. The lowest BCUT2D eigenvalue weighted by molar-refractivity contribution is -0.144. The third-order valence-electron chi connectivity index (χ3n) is 4.77. The van der Waals surface area contributed by atoms with Gasteiger partial charge in [-0.15, -0.1) is 0 Å². The van der Waals surface area contributed by atoms with Crippen molar-refractivity contribution < 1.29 is 14.3 Å². The number of carbonyl (C=O) groups is 1. The monoisotopic (exact) mass is 435 g/mol. The van der Waals surface area contributed by atoms with Crippen LogP contribution in [0.4, 0.5) is 0 Å². The molecule has 0 fully saturated rings. The van der Waals surface area contributed by atoms with Gasteiger partial charge in [-0.2, -0.15) is 25.3 Å². The number of ether oxygens (including phenoxy) is 2. The van der Waals surface area contributed by atoms with E-state index >= 15 is 0 Å². The van der Waals surface area contributed by atoms with Crippen molar-refractivity contribution in [1.29, 1.82) is 0 Å². The fraction of sp³-hybridized carbons (Fsp3) is 0.955. The zero-order valence-electron chi connectivity index (χ0n) is 20.1. The van der Waals surface area contributed by atoms with Gasteiger partial charge in [0.2, 0.25) is 5.91 Å². The summed E-state index contributed by atoms with van der Waals surface area (Å²) in [6.07, 6.45) is 1.87. The zero-order chi connectivity index (χ0) is 22.6. The molecule has 0 radical (unpaired) electrons. The van der Waals surface area contributed by atoms with Crippen molar-refractivity contribution in [2.75, 3.05) is 20.3 Å². The first-order valence-corrected chi connectivity index (χ1v) is 11.0. The molecule has 0 spiro atoms. The smallest absolute Gasteiger partial charge is 0.225 e. The quantitative estimate of drug-likeness (QED) is 0.403. The van der Waals surface area contributed by atoms with Gasteiger partial charge in [-0.25, -0.2) is 0 Å². The van der Waals surface area contributed by atoms with Crippen LogP contribution in [0.3, 0.4) is 0 Å². The lowest BCUT2D eigenvalue weighted by Crippen LogP contribution is -2.55. The topological polar surface area (TPSA) is 38.8 Å². The molecule has 0 unspecified atom stereocenters. The molecule has 0 saturated carbocycles. The summed E-state index contributed by atoms with van der Waals surface area (Å²) in [4.78, 5) is 15.3. The van der Waals surface area contributed by atoms with Gasteiger partial charge in [-0.1, -0.05) is 13.8 Å². The summed E-state index contributed by atoms with van der Waals surface area (Å²) in [5, 5.41) is 0. The van der Waals surface area contributed by atoms with Crippen molar-refractivity contribution in [1.82, 2.24) is 4.90 Å². The maximum atomic E-state index is 13.3. The molecular weight excluding hydrogens is 390 g/mol. The van der Waals surface area contributed by atoms with E-state index in [-0.39, 0.29) is 26.5 Å². The van der Waals surface area contributed by atoms with E-state index in [0.717, 1.165) is 12.8 Å².